The molecule has 7 nitrogen and oxygen atoms in total. The molecule has 8 heteroatoms. The van der Waals surface area contributed by atoms with Crippen molar-refractivity contribution in [3.8, 4) is 0 Å². The second kappa shape index (κ2) is 9.29. The lowest BCUT2D eigenvalue weighted by atomic mass is 9.78. The number of hydrogen-bond acceptors (Lipinski definition) is 6. The van der Waals surface area contributed by atoms with Gasteiger partial charge in [-0.3, -0.25) is 9.59 Å². The molecule has 0 spiro atoms. The number of amides is 2. The molecular weight excluding hydrogens is 400 g/mol. The fourth-order valence-electron chi connectivity index (χ4n) is 4.57. The Hall–Kier alpha value is -2.22. The van der Waals surface area contributed by atoms with Crippen LogP contribution in [0.2, 0.25) is 0 Å². The lowest BCUT2D eigenvalue weighted by Gasteiger charge is -2.35. The number of thiazole rings is 1. The van der Waals surface area contributed by atoms with Crippen LogP contribution < -0.4 is 10.6 Å². The third-order valence-corrected chi connectivity index (χ3v) is 7.52. The summed E-state index contributed by atoms with van der Waals surface area (Å²) < 4.78 is 5.09. The third-order valence-electron chi connectivity index (χ3n) is 6.67. The van der Waals surface area contributed by atoms with E-state index in [2.05, 4.69) is 20.8 Å². The van der Waals surface area contributed by atoms with Gasteiger partial charge < -0.3 is 15.2 Å². The second-order valence-corrected chi connectivity index (χ2v) is 9.60. The van der Waals surface area contributed by atoms with Crippen LogP contribution in [0.5, 0.6) is 0 Å². The van der Waals surface area contributed by atoms with Crippen molar-refractivity contribution in [2.24, 2.45) is 17.8 Å². The highest BCUT2D eigenvalue weighted by molar-refractivity contribution is 7.09. The van der Waals surface area contributed by atoms with Crippen molar-refractivity contribution in [2.45, 2.75) is 64.8 Å². The Morgan fingerprint density at radius 2 is 1.97 bits per heavy atom. The van der Waals surface area contributed by atoms with Gasteiger partial charge >= 0.3 is 0 Å². The van der Waals surface area contributed by atoms with Crippen molar-refractivity contribution in [3.63, 3.8) is 0 Å². The van der Waals surface area contributed by atoms with Crippen molar-refractivity contribution < 1.29 is 14.1 Å². The van der Waals surface area contributed by atoms with Crippen LogP contribution in [0, 0.1) is 31.6 Å². The van der Waals surface area contributed by atoms with E-state index >= 15 is 0 Å². The number of aryl methyl sites for hydroxylation is 2. The van der Waals surface area contributed by atoms with E-state index in [1.165, 1.54) is 0 Å². The van der Waals surface area contributed by atoms with Crippen molar-refractivity contribution in [2.75, 3.05) is 6.54 Å². The third kappa shape index (κ3) is 4.58. The van der Waals surface area contributed by atoms with E-state index in [-0.39, 0.29) is 23.8 Å². The molecular formula is C22H30N4O3S. The van der Waals surface area contributed by atoms with Gasteiger partial charge in [0.25, 0.3) is 5.91 Å². The number of carbonyl (C=O) groups is 2. The summed E-state index contributed by atoms with van der Waals surface area (Å²) in [6, 6.07) is 0.0101. The second-order valence-electron chi connectivity index (χ2n) is 8.67. The number of carbonyl (C=O) groups excluding carboxylic acids is 2. The van der Waals surface area contributed by atoms with Gasteiger partial charge in [-0.05, 0) is 64.2 Å². The first-order valence-electron chi connectivity index (χ1n) is 10.9. The van der Waals surface area contributed by atoms with Crippen LogP contribution in [0.1, 0.15) is 77.8 Å². The summed E-state index contributed by atoms with van der Waals surface area (Å²) in [5.74, 6) is 1.67. The van der Waals surface area contributed by atoms with E-state index in [0.29, 0.717) is 35.4 Å². The SMILES string of the molecule is Cc1noc(C)c1C(=O)NCC1CCC([C@@H](NC(=O)C2CCC2)c2nccs2)CC1. The summed E-state index contributed by atoms with van der Waals surface area (Å²) in [5.41, 5.74) is 1.17. The molecule has 2 amide bonds. The summed E-state index contributed by atoms with van der Waals surface area (Å²) in [6.45, 7) is 4.20. The molecule has 2 N–H and O–H groups in total. The van der Waals surface area contributed by atoms with Gasteiger partial charge in [-0.25, -0.2) is 4.98 Å². The predicted octanol–water partition coefficient (Wildman–Crippen LogP) is 3.94. The minimum atomic E-state index is -0.109. The summed E-state index contributed by atoms with van der Waals surface area (Å²) >= 11 is 1.62. The normalized spacial score (nSPS) is 22.9. The largest absolute Gasteiger partial charge is 0.361 e. The zero-order chi connectivity index (χ0) is 21.1. The molecule has 162 valence electrons. The Balaban J connectivity index is 1.30. The highest BCUT2D eigenvalue weighted by atomic mass is 32.1. The van der Waals surface area contributed by atoms with Crippen LogP contribution in [0.15, 0.2) is 16.1 Å². The van der Waals surface area contributed by atoms with Crippen LogP contribution in [-0.2, 0) is 4.79 Å². The van der Waals surface area contributed by atoms with E-state index in [1.807, 2.05) is 11.6 Å². The standard InChI is InChI=1S/C22H30N4O3S/c1-13-18(14(2)29-26-13)21(28)24-12-15-6-8-16(9-7-15)19(22-23-10-11-30-22)25-20(27)17-4-3-5-17/h10-11,15-17,19H,3-9,12H2,1-2H3,(H,24,28)(H,25,27)/t15?,16?,19-/m1/s1. The Bertz CT molecular complexity index is 848. The fourth-order valence-corrected chi connectivity index (χ4v) is 5.35. The van der Waals surface area contributed by atoms with Crippen molar-refractivity contribution in [1.29, 1.82) is 0 Å². The number of aromatic nitrogens is 2. The number of rotatable bonds is 7. The minimum Gasteiger partial charge on any atom is -0.361 e. The lowest BCUT2D eigenvalue weighted by Crippen LogP contribution is -2.41. The monoisotopic (exact) mass is 430 g/mol. The summed E-state index contributed by atoms with van der Waals surface area (Å²) in [6.07, 6.45) is 9.12. The molecule has 2 fully saturated rings. The predicted molar refractivity (Wildman–Crippen MR) is 114 cm³/mol. The van der Waals surface area contributed by atoms with Gasteiger partial charge in [-0.2, -0.15) is 0 Å². The summed E-state index contributed by atoms with van der Waals surface area (Å²) in [4.78, 5) is 29.6. The molecule has 0 bridgehead atoms. The molecule has 2 aliphatic rings. The maximum Gasteiger partial charge on any atom is 0.256 e. The first-order valence-corrected chi connectivity index (χ1v) is 11.8. The Morgan fingerprint density at radius 1 is 1.20 bits per heavy atom. The van der Waals surface area contributed by atoms with Crippen LogP contribution >= 0.6 is 11.3 Å². The molecule has 1 atom stereocenters. The molecule has 30 heavy (non-hydrogen) atoms. The average Bonchev–Trinajstić information content (AvgIpc) is 3.33. The van der Waals surface area contributed by atoms with Crippen LogP contribution in [0.25, 0.3) is 0 Å². The molecule has 2 aliphatic carbocycles. The maximum atomic E-state index is 12.6. The molecule has 0 aromatic carbocycles. The molecule has 2 aromatic heterocycles. The summed E-state index contributed by atoms with van der Waals surface area (Å²) in [7, 11) is 0. The van der Waals surface area contributed by atoms with Crippen molar-refractivity contribution in [1.82, 2.24) is 20.8 Å². The Labute approximate surface area is 181 Å². The van der Waals surface area contributed by atoms with Crippen LogP contribution in [-0.4, -0.2) is 28.5 Å². The molecule has 4 rings (SSSR count). The first-order chi connectivity index (χ1) is 14.5. The fraction of sp³-hybridized carbons (Fsp3) is 0.636. The Kier molecular flexibility index (Phi) is 6.51. The molecule has 0 unspecified atom stereocenters. The van der Waals surface area contributed by atoms with Crippen LogP contribution in [0.4, 0.5) is 0 Å². The lowest BCUT2D eigenvalue weighted by molar-refractivity contribution is -0.128. The maximum absolute atomic E-state index is 12.6. The van der Waals surface area contributed by atoms with E-state index < -0.39 is 0 Å². The molecule has 0 aliphatic heterocycles. The first kappa shape index (κ1) is 21.0. The molecule has 2 saturated carbocycles. The van der Waals surface area contributed by atoms with E-state index in [4.69, 9.17) is 4.52 Å². The van der Waals surface area contributed by atoms with Gasteiger partial charge in [0.2, 0.25) is 5.91 Å². The molecule has 2 heterocycles. The average molecular weight is 431 g/mol. The number of nitrogens with zero attached hydrogens (tertiary/aromatic N) is 2. The van der Waals surface area contributed by atoms with Gasteiger partial charge in [-0.1, -0.05) is 11.6 Å². The van der Waals surface area contributed by atoms with E-state index in [9.17, 15) is 9.59 Å². The Morgan fingerprint density at radius 3 is 2.53 bits per heavy atom. The zero-order valence-corrected chi connectivity index (χ0v) is 18.5. The number of nitrogens with one attached hydrogen (secondary N) is 2. The topological polar surface area (TPSA) is 97.1 Å². The van der Waals surface area contributed by atoms with Gasteiger partial charge in [0.05, 0.1) is 11.7 Å². The van der Waals surface area contributed by atoms with Crippen LogP contribution in [0.3, 0.4) is 0 Å². The van der Waals surface area contributed by atoms with E-state index in [1.54, 1.807) is 25.2 Å². The zero-order valence-electron chi connectivity index (χ0n) is 17.6. The molecule has 0 saturated heterocycles. The smallest absolute Gasteiger partial charge is 0.256 e. The minimum absolute atomic E-state index is 0.0101. The van der Waals surface area contributed by atoms with Gasteiger partial charge in [0.15, 0.2) is 0 Å². The van der Waals surface area contributed by atoms with E-state index in [0.717, 1.165) is 50.0 Å². The molecule has 2 aromatic rings. The highest BCUT2D eigenvalue weighted by Crippen LogP contribution is 2.38. The van der Waals surface area contributed by atoms with Crippen molar-refractivity contribution >= 4 is 23.2 Å². The van der Waals surface area contributed by atoms with Gasteiger partial charge in [0.1, 0.15) is 16.3 Å². The quantitative estimate of drug-likeness (QED) is 0.693. The van der Waals surface area contributed by atoms with Gasteiger partial charge in [-0.15, -0.1) is 11.3 Å². The number of hydrogen-bond donors (Lipinski definition) is 2. The highest BCUT2D eigenvalue weighted by Gasteiger charge is 2.34. The molecule has 0 radical (unpaired) electrons. The van der Waals surface area contributed by atoms with Crippen molar-refractivity contribution in [3.05, 3.63) is 33.6 Å². The summed E-state index contributed by atoms with van der Waals surface area (Å²) in [5, 5.41) is 13.2. The van der Waals surface area contributed by atoms with Gasteiger partial charge in [0, 0.05) is 24.0 Å².